The summed E-state index contributed by atoms with van der Waals surface area (Å²) in [6.45, 7) is 0.643. The molecule has 0 aliphatic heterocycles. The van der Waals surface area contributed by atoms with Crippen molar-refractivity contribution in [1.29, 1.82) is 0 Å². The van der Waals surface area contributed by atoms with Crippen LogP contribution in [0.2, 0.25) is 5.02 Å². The lowest BCUT2D eigenvalue weighted by Crippen LogP contribution is -2.38. The van der Waals surface area contributed by atoms with Crippen LogP contribution in [-0.4, -0.2) is 35.6 Å². The Labute approximate surface area is 122 Å². The van der Waals surface area contributed by atoms with Crippen molar-refractivity contribution < 1.29 is 14.3 Å². The molecule has 0 aromatic heterocycles. The molecule has 3 nitrogen and oxygen atoms in total. The van der Waals surface area contributed by atoms with E-state index in [-0.39, 0.29) is 17.0 Å². The van der Waals surface area contributed by atoms with Gasteiger partial charge in [-0.15, -0.1) is 0 Å². The number of hydrogen-bond acceptors (Lipinski definition) is 2. The fraction of sp³-hybridized carbons (Fsp3) is 0.400. The minimum Gasteiger partial charge on any atom is -0.393 e. The zero-order chi connectivity index (χ0) is 14.7. The first-order valence-corrected chi connectivity index (χ1v) is 6.90. The van der Waals surface area contributed by atoms with Crippen LogP contribution in [0.25, 0.3) is 6.08 Å². The quantitative estimate of drug-likeness (QED) is 0.868. The maximum absolute atomic E-state index is 13.0. The van der Waals surface area contributed by atoms with Crippen LogP contribution < -0.4 is 0 Å². The van der Waals surface area contributed by atoms with Crippen molar-refractivity contribution in [3.8, 4) is 0 Å². The molecule has 108 valence electrons. The summed E-state index contributed by atoms with van der Waals surface area (Å²) in [5, 5.41) is 9.25. The number of rotatable bonds is 4. The molecule has 20 heavy (non-hydrogen) atoms. The Hall–Kier alpha value is -1.39. The van der Waals surface area contributed by atoms with Crippen molar-refractivity contribution in [2.24, 2.45) is 5.92 Å². The van der Waals surface area contributed by atoms with Crippen LogP contribution in [0.3, 0.4) is 0 Å². The smallest absolute Gasteiger partial charge is 0.246 e. The molecule has 0 spiro atoms. The molecule has 0 atom stereocenters. The van der Waals surface area contributed by atoms with E-state index in [0.717, 1.165) is 12.8 Å². The standard InChI is InChI=1S/C15H17ClFNO2/c1-18(9-11-6-12(19)7-11)15(20)5-3-10-2-4-14(17)13(16)8-10/h2-5,8,11-12,19H,6-7,9H2,1H3. The van der Waals surface area contributed by atoms with Gasteiger partial charge in [-0.3, -0.25) is 4.79 Å². The molecule has 1 fully saturated rings. The summed E-state index contributed by atoms with van der Waals surface area (Å²) in [4.78, 5) is 13.5. The second kappa shape index (κ2) is 6.37. The van der Waals surface area contributed by atoms with E-state index in [0.29, 0.717) is 18.0 Å². The Balaban J connectivity index is 1.89. The fourth-order valence-corrected chi connectivity index (χ4v) is 2.43. The number of nitrogens with zero attached hydrogens (tertiary/aromatic N) is 1. The van der Waals surface area contributed by atoms with Gasteiger partial charge in [0.15, 0.2) is 0 Å². The van der Waals surface area contributed by atoms with Crippen molar-refractivity contribution in [2.75, 3.05) is 13.6 Å². The van der Waals surface area contributed by atoms with Crippen LogP contribution in [0, 0.1) is 11.7 Å². The third-order valence-corrected chi connectivity index (χ3v) is 3.77. The van der Waals surface area contributed by atoms with Gasteiger partial charge < -0.3 is 10.0 Å². The monoisotopic (exact) mass is 297 g/mol. The molecule has 1 amide bonds. The summed E-state index contributed by atoms with van der Waals surface area (Å²) in [6.07, 6.45) is 4.36. The molecule has 0 unspecified atom stereocenters. The molecule has 0 radical (unpaired) electrons. The lowest BCUT2D eigenvalue weighted by atomic mass is 9.82. The molecule has 0 heterocycles. The number of amides is 1. The first-order valence-electron chi connectivity index (χ1n) is 6.52. The summed E-state index contributed by atoms with van der Waals surface area (Å²) in [7, 11) is 1.73. The lowest BCUT2D eigenvalue weighted by Gasteiger charge is -2.34. The van der Waals surface area contributed by atoms with E-state index in [1.807, 2.05) is 0 Å². The molecule has 1 aromatic carbocycles. The predicted molar refractivity (Wildman–Crippen MR) is 76.8 cm³/mol. The Kier molecular flexibility index (Phi) is 4.78. The van der Waals surface area contributed by atoms with E-state index in [9.17, 15) is 14.3 Å². The molecule has 1 N–H and O–H groups in total. The second-order valence-electron chi connectivity index (χ2n) is 5.22. The van der Waals surface area contributed by atoms with E-state index in [1.165, 1.54) is 18.2 Å². The zero-order valence-corrected chi connectivity index (χ0v) is 12.0. The van der Waals surface area contributed by atoms with Gasteiger partial charge >= 0.3 is 0 Å². The molecular weight excluding hydrogens is 281 g/mol. The molecule has 1 aromatic rings. The topological polar surface area (TPSA) is 40.5 Å². The third kappa shape index (κ3) is 3.81. The summed E-state index contributed by atoms with van der Waals surface area (Å²) >= 11 is 5.67. The molecule has 2 rings (SSSR count). The number of carbonyl (C=O) groups excluding carboxylic acids is 1. The highest BCUT2D eigenvalue weighted by atomic mass is 35.5. The molecular formula is C15H17ClFNO2. The van der Waals surface area contributed by atoms with Gasteiger partial charge in [-0.2, -0.15) is 0 Å². The van der Waals surface area contributed by atoms with E-state index >= 15 is 0 Å². The van der Waals surface area contributed by atoms with Crippen molar-refractivity contribution in [3.63, 3.8) is 0 Å². The van der Waals surface area contributed by atoms with Crippen LogP contribution in [0.4, 0.5) is 4.39 Å². The minimum absolute atomic E-state index is 0.0383. The number of benzene rings is 1. The van der Waals surface area contributed by atoms with Gasteiger partial charge in [0.1, 0.15) is 5.82 Å². The average molecular weight is 298 g/mol. The number of aliphatic hydroxyl groups excluding tert-OH is 1. The van der Waals surface area contributed by atoms with Gasteiger partial charge in [-0.1, -0.05) is 17.7 Å². The lowest BCUT2D eigenvalue weighted by molar-refractivity contribution is -0.126. The van der Waals surface area contributed by atoms with Gasteiger partial charge in [-0.05, 0) is 42.5 Å². The van der Waals surface area contributed by atoms with Gasteiger partial charge in [-0.25, -0.2) is 4.39 Å². The van der Waals surface area contributed by atoms with Crippen LogP contribution in [-0.2, 0) is 4.79 Å². The molecule has 0 bridgehead atoms. The highest BCUT2D eigenvalue weighted by Gasteiger charge is 2.28. The van der Waals surface area contributed by atoms with Gasteiger partial charge in [0.2, 0.25) is 5.91 Å². The zero-order valence-electron chi connectivity index (χ0n) is 11.2. The maximum Gasteiger partial charge on any atom is 0.246 e. The molecule has 1 aliphatic carbocycles. The van der Waals surface area contributed by atoms with Gasteiger partial charge in [0, 0.05) is 19.7 Å². The van der Waals surface area contributed by atoms with E-state index in [2.05, 4.69) is 0 Å². The summed E-state index contributed by atoms with van der Waals surface area (Å²) in [5.41, 5.74) is 0.678. The molecule has 1 aliphatic rings. The molecule has 0 saturated heterocycles. The highest BCUT2D eigenvalue weighted by Crippen LogP contribution is 2.27. The van der Waals surface area contributed by atoms with E-state index < -0.39 is 5.82 Å². The van der Waals surface area contributed by atoms with Crippen LogP contribution in [0.5, 0.6) is 0 Å². The number of halogens is 2. The maximum atomic E-state index is 13.0. The van der Waals surface area contributed by atoms with Crippen molar-refractivity contribution >= 4 is 23.6 Å². The summed E-state index contributed by atoms with van der Waals surface area (Å²) in [5.74, 6) is -0.213. The largest absolute Gasteiger partial charge is 0.393 e. The Morgan fingerprint density at radius 2 is 2.25 bits per heavy atom. The van der Waals surface area contributed by atoms with Crippen molar-refractivity contribution in [2.45, 2.75) is 18.9 Å². The Bertz CT molecular complexity index is 527. The predicted octanol–water partition coefficient (Wildman–Crippen LogP) is 2.72. The third-order valence-electron chi connectivity index (χ3n) is 3.48. The van der Waals surface area contributed by atoms with Crippen LogP contribution in [0.1, 0.15) is 18.4 Å². The van der Waals surface area contributed by atoms with Crippen LogP contribution in [0.15, 0.2) is 24.3 Å². The van der Waals surface area contributed by atoms with Crippen molar-refractivity contribution in [3.05, 3.63) is 40.7 Å². The molecule has 5 heteroatoms. The highest BCUT2D eigenvalue weighted by molar-refractivity contribution is 6.30. The molecule has 1 saturated carbocycles. The summed E-state index contributed by atoms with van der Waals surface area (Å²) in [6, 6.07) is 4.31. The number of hydrogen-bond donors (Lipinski definition) is 1. The minimum atomic E-state index is -0.476. The van der Waals surface area contributed by atoms with E-state index in [1.54, 1.807) is 24.1 Å². The first kappa shape index (κ1) is 15.0. The number of aliphatic hydroxyl groups is 1. The van der Waals surface area contributed by atoms with E-state index in [4.69, 9.17) is 11.6 Å². The average Bonchev–Trinajstić information content (AvgIpc) is 2.38. The van der Waals surface area contributed by atoms with Gasteiger partial charge in [0.05, 0.1) is 11.1 Å². The van der Waals surface area contributed by atoms with Crippen LogP contribution >= 0.6 is 11.6 Å². The van der Waals surface area contributed by atoms with Gasteiger partial charge in [0.25, 0.3) is 0 Å². The second-order valence-corrected chi connectivity index (χ2v) is 5.62. The normalized spacial score (nSPS) is 21.8. The first-order chi connectivity index (χ1) is 9.45. The Morgan fingerprint density at radius 3 is 2.85 bits per heavy atom. The summed E-state index contributed by atoms with van der Waals surface area (Å²) < 4.78 is 13.0. The number of likely N-dealkylation sites (N-methyl/N-ethyl adjacent to an activating group) is 1. The van der Waals surface area contributed by atoms with Crippen molar-refractivity contribution in [1.82, 2.24) is 4.90 Å². The Morgan fingerprint density at radius 1 is 1.55 bits per heavy atom. The SMILES string of the molecule is CN(CC1CC(O)C1)C(=O)C=Cc1ccc(F)c(Cl)c1. The fourth-order valence-electron chi connectivity index (χ4n) is 2.24. The number of carbonyl (C=O) groups is 1.